The molecule has 8 heteroatoms. The molecule has 0 saturated heterocycles. The van der Waals surface area contributed by atoms with Crippen LogP contribution in [0.5, 0.6) is 5.75 Å². The standard InChI is InChI=1S/C21H17F3N2O3/c1-28-17-7-5-14(6-8-17)11-20(27)26-25-13-18-9-10-19(29-18)15-3-2-4-16(12-15)21(22,23)24/h2-10,12-13H,11H2,1H3,(H,26,27)/b25-13-. The van der Waals surface area contributed by atoms with Gasteiger partial charge in [0.05, 0.1) is 25.3 Å². The lowest BCUT2D eigenvalue weighted by molar-refractivity contribution is -0.137. The topological polar surface area (TPSA) is 63.8 Å². The fourth-order valence-corrected chi connectivity index (χ4v) is 2.56. The van der Waals surface area contributed by atoms with Crippen molar-refractivity contribution in [1.82, 2.24) is 5.43 Å². The summed E-state index contributed by atoms with van der Waals surface area (Å²) in [6, 6.07) is 15.0. The van der Waals surface area contributed by atoms with E-state index in [0.717, 1.165) is 17.7 Å². The summed E-state index contributed by atoms with van der Waals surface area (Å²) in [5.74, 6) is 0.932. The zero-order chi connectivity index (χ0) is 20.9. The van der Waals surface area contributed by atoms with E-state index in [0.29, 0.717) is 17.1 Å². The van der Waals surface area contributed by atoms with Crippen LogP contribution in [-0.4, -0.2) is 19.2 Å². The molecule has 0 fully saturated rings. The van der Waals surface area contributed by atoms with Crippen LogP contribution in [-0.2, 0) is 17.4 Å². The molecule has 0 aliphatic rings. The van der Waals surface area contributed by atoms with Crippen LogP contribution in [0.2, 0.25) is 0 Å². The number of nitrogens with zero attached hydrogens (tertiary/aromatic N) is 1. The zero-order valence-corrected chi connectivity index (χ0v) is 15.4. The van der Waals surface area contributed by atoms with E-state index < -0.39 is 11.7 Å². The number of carbonyl (C=O) groups is 1. The highest BCUT2D eigenvalue weighted by Crippen LogP contribution is 2.32. The summed E-state index contributed by atoms with van der Waals surface area (Å²) in [6.07, 6.45) is -3.01. The molecule has 150 valence electrons. The van der Waals surface area contributed by atoms with Gasteiger partial charge in [0.1, 0.15) is 17.3 Å². The summed E-state index contributed by atoms with van der Waals surface area (Å²) in [5.41, 5.74) is 2.71. The second-order valence-electron chi connectivity index (χ2n) is 6.10. The van der Waals surface area contributed by atoms with Gasteiger partial charge < -0.3 is 9.15 Å². The van der Waals surface area contributed by atoms with Crippen molar-refractivity contribution in [3.05, 3.63) is 77.6 Å². The number of hydrazone groups is 1. The third-order valence-electron chi connectivity index (χ3n) is 4.01. The summed E-state index contributed by atoms with van der Waals surface area (Å²) >= 11 is 0. The van der Waals surface area contributed by atoms with Crippen molar-refractivity contribution in [3.8, 4) is 17.1 Å². The molecule has 1 amide bonds. The van der Waals surface area contributed by atoms with Gasteiger partial charge in [-0.2, -0.15) is 18.3 Å². The predicted octanol–water partition coefficient (Wildman–Crippen LogP) is 4.67. The van der Waals surface area contributed by atoms with Gasteiger partial charge in [0.15, 0.2) is 0 Å². The molecule has 0 bridgehead atoms. The van der Waals surface area contributed by atoms with E-state index in [4.69, 9.17) is 9.15 Å². The van der Waals surface area contributed by atoms with E-state index in [1.54, 1.807) is 37.4 Å². The number of hydrogen-bond donors (Lipinski definition) is 1. The second kappa shape index (κ2) is 8.64. The number of nitrogens with one attached hydrogen (secondary N) is 1. The minimum atomic E-state index is -4.43. The Balaban J connectivity index is 1.59. The number of halogens is 3. The molecule has 3 rings (SSSR count). The van der Waals surface area contributed by atoms with Crippen LogP contribution in [0.25, 0.3) is 11.3 Å². The van der Waals surface area contributed by atoms with Crippen LogP contribution < -0.4 is 10.2 Å². The number of alkyl halides is 3. The van der Waals surface area contributed by atoms with Crippen LogP contribution in [0.1, 0.15) is 16.9 Å². The van der Waals surface area contributed by atoms with Crippen molar-refractivity contribution >= 4 is 12.1 Å². The predicted molar refractivity (Wildman–Crippen MR) is 102 cm³/mol. The van der Waals surface area contributed by atoms with Crippen LogP contribution >= 0.6 is 0 Å². The third-order valence-corrected chi connectivity index (χ3v) is 4.01. The van der Waals surface area contributed by atoms with E-state index in [9.17, 15) is 18.0 Å². The van der Waals surface area contributed by atoms with Gasteiger partial charge in [-0.05, 0) is 42.0 Å². The molecule has 0 atom stereocenters. The molecule has 1 heterocycles. The summed E-state index contributed by atoms with van der Waals surface area (Å²) in [7, 11) is 1.56. The number of methoxy groups -OCH3 is 1. The van der Waals surface area contributed by atoms with Crippen LogP contribution in [0.15, 0.2) is 70.2 Å². The fraction of sp³-hybridized carbons (Fsp3) is 0.143. The van der Waals surface area contributed by atoms with Gasteiger partial charge in [-0.1, -0.05) is 24.3 Å². The Morgan fingerprint density at radius 1 is 1.14 bits per heavy atom. The van der Waals surface area contributed by atoms with E-state index in [1.165, 1.54) is 24.4 Å². The van der Waals surface area contributed by atoms with Gasteiger partial charge in [0.2, 0.25) is 5.91 Å². The smallest absolute Gasteiger partial charge is 0.416 e. The number of benzene rings is 2. The lowest BCUT2D eigenvalue weighted by atomic mass is 10.1. The summed E-state index contributed by atoms with van der Waals surface area (Å²) in [6.45, 7) is 0. The number of rotatable bonds is 6. The maximum Gasteiger partial charge on any atom is 0.416 e. The van der Waals surface area contributed by atoms with Gasteiger partial charge in [0, 0.05) is 5.56 Å². The molecular weight excluding hydrogens is 385 g/mol. The average molecular weight is 402 g/mol. The summed E-state index contributed by atoms with van der Waals surface area (Å²) < 4.78 is 49.0. The van der Waals surface area contributed by atoms with Gasteiger partial charge >= 0.3 is 6.18 Å². The van der Waals surface area contributed by atoms with Crippen molar-refractivity contribution in [2.24, 2.45) is 5.10 Å². The molecule has 0 spiro atoms. The number of amides is 1. The summed E-state index contributed by atoms with van der Waals surface area (Å²) in [5, 5.41) is 3.81. The average Bonchev–Trinajstić information content (AvgIpc) is 3.17. The van der Waals surface area contributed by atoms with Gasteiger partial charge in [-0.3, -0.25) is 4.79 Å². The first-order chi connectivity index (χ1) is 13.8. The lowest BCUT2D eigenvalue weighted by Gasteiger charge is -2.07. The first kappa shape index (κ1) is 20.2. The van der Waals surface area contributed by atoms with Crippen molar-refractivity contribution in [2.45, 2.75) is 12.6 Å². The SMILES string of the molecule is COc1ccc(CC(=O)N/N=C\c2ccc(-c3cccc(C(F)(F)F)c3)o2)cc1. The number of carbonyl (C=O) groups excluding carboxylic acids is 1. The Labute approximate surface area is 164 Å². The van der Waals surface area contributed by atoms with Crippen molar-refractivity contribution in [1.29, 1.82) is 0 Å². The highest BCUT2D eigenvalue weighted by molar-refractivity contribution is 5.82. The Morgan fingerprint density at radius 2 is 1.90 bits per heavy atom. The molecule has 0 aliphatic carbocycles. The first-order valence-corrected chi connectivity index (χ1v) is 8.57. The normalized spacial score (nSPS) is 11.6. The first-order valence-electron chi connectivity index (χ1n) is 8.57. The number of ether oxygens (including phenoxy) is 1. The Kier molecular flexibility index (Phi) is 6.01. The quantitative estimate of drug-likeness (QED) is 0.482. The number of furan rings is 1. The Morgan fingerprint density at radius 3 is 2.59 bits per heavy atom. The van der Waals surface area contributed by atoms with E-state index in [2.05, 4.69) is 10.5 Å². The minimum absolute atomic E-state index is 0.134. The molecule has 0 saturated carbocycles. The highest BCUT2D eigenvalue weighted by atomic mass is 19.4. The highest BCUT2D eigenvalue weighted by Gasteiger charge is 2.30. The monoisotopic (exact) mass is 402 g/mol. The van der Waals surface area contributed by atoms with E-state index >= 15 is 0 Å². The second-order valence-corrected chi connectivity index (χ2v) is 6.10. The van der Waals surface area contributed by atoms with Crippen molar-refractivity contribution in [2.75, 3.05) is 7.11 Å². The molecule has 0 aliphatic heterocycles. The van der Waals surface area contributed by atoms with Crippen molar-refractivity contribution in [3.63, 3.8) is 0 Å². The van der Waals surface area contributed by atoms with Gasteiger partial charge in [0.25, 0.3) is 0 Å². The molecule has 3 aromatic rings. The molecular formula is C21H17F3N2O3. The van der Waals surface area contributed by atoms with E-state index in [-0.39, 0.29) is 18.1 Å². The van der Waals surface area contributed by atoms with Gasteiger partial charge in [-0.15, -0.1) is 0 Å². The molecule has 0 unspecified atom stereocenters. The Bertz CT molecular complexity index is 1010. The molecule has 0 radical (unpaired) electrons. The molecule has 5 nitrogen and oxygen atoms in total. The maximum atomic E-state index is 12.8. The number of hydrogen-bond acceptors (Lipinski definition) is 4. The third kappa shape index (κ3) is 5.47. The largest absolute Gasteiger partial charge is 0.497 e. The van der Waals surface area contributed by atoms with Crippen LogP contribution in [0, 0.1) is 0 Å². The summed E-state index contributed by atoms with van der Waals surface area (Å²) in [4.78, 5) is 11.9. The Hall–Kier alpha value is -3.55. The van der Waals surface area contributed by atoms with Crippen LogP contribution in [0.3, 0.4) is 0 Å². The van der Waals surface area contributed by atoms with Gasteiger partial charge in [-0.25, -0.2) is 5.43 Å². The van der Waals surface area contributed by atoms with E-state index in [1.807, 2.05) is 0 Å². The molecule has 29 heavy (non-hydrogen) atoms. The minimum Gasteiger partial charge on any atom is -0.497 e. The van der Waals surface area contributed by atoms with Crippen molar-refractivity contribution < 1.29 is 27.1 Å². The lowest BCUT2D eigenvalue weighted by Crippen LogP contribution is -2.19. The molecule has 1 N–H and O–H groups in total. The maximum absolute atomic E-state index is 12.8. The fourth-order valence-electron chi connectivity index (χ4n) is 2.56. The van der Waals surface area contributed by atoms with Crippen LogP contribution in [0.4, 0.5) is 13.2 Å². The molecule has 1 aromatic heterocycles. The molecule has 2 aromatic carbocycles. The zero-order valence-electron chi connectivity index (χ0n) is 15.4.